The van der Waals surface area contributed by atoms with Crippen molar-refractivity contribution < 1.29 is 4.74 Å². The van der Waals surface area contributed by atoms with E-state index in [4.69, 9.17) is 4.74 Å². The van der Waals surface area contributed by atoms with Gasteiger partial charge in [0.15, 0.2) is 0 Å². The normalized spacial score (nSPS) is 20.1. The molecule has 1 aliphatic rings. The molecule has 1 aromatic carbocycles. The maximum atomic E-state index is 5.39. The molecule has 1 aromatic rings. The first-order chi connectivity index (χ1) is 8.79. The third-order valence-electron chi connectivity index (χ3n) is 3.58. The summed E-state index contributed by atoms with van der Waals surface area (Å²) >= 11 is 0. The standard InChI is InChI=1S/C15H24N2O/c1-17(12-14-8-5-6-10-16-14)11-13-7-3-4-9-15(13)18-2/h3-4,7,9,14,16H,5-6,8,10-12H2,1-2H3/t14-/m1/s1. The fourth-order valence-corrected chi connectivity index (χ4v) is 2.64. The van der Waals surface area contributed by atoms with Gasteiger partial charge in [-0.2, -0.15) is 0 Å². The van der Waals surface area contributed by atoms with Crippen LogP contribution in [0.15, 0.2) is 24.3 Å². The molecule has 1 saturated heterocycles. The lowest BCUT2D eigenvalue weighted by Gasteiger charge is -2.28. The van der Waals surface area contributed by atoms with E-state index in [1.54, 1.807) is 7.11 Å². The van der Waals surface area contributed by atoms with Crippen LogP contribution in [0.1, 0.15) is 24.8 Å². The van der Waals surface area contributed by atoms with Crippen molar-refractivity contribution >= 4 is 0 Å². The van der Waals surface area contributed by atoms with Crippen LogP contribution in [0, 0.1) is 0 Å². The van der Waals surface area contributed by atoms with E-state index in [0.717, 1.165) is 18.8 Å². The van der Waals surface area contributed by atoms with E-state index >= 15 is 0 Å². The van der Waals surface area contributed by atoms with Crippen molar-refractivity contribution in [1.29, 1.82) is 0 Å². The van der Waals surface area contributed by atoms with Gasteiger partial charge in [0.25, 0.3) is 0 Å². The maximum absolute atomic E-state index is 5.39. The largest absolute Gasteiger partial charge is 0.496 e. The van der Waals surface area contributed by atoms with Crippen LogP contribution in [0.5, 0.6) is 5.75 Å². The van der Waals surface area contributed by atoms with Crippen molar-refractivity contribution in [3.05, 3.63) is 29.8 Å². The zero-order valence-corrected chi connectivity index (χ0v) is 11.5. The van der Waals surface area contributed by atoms with Gasteiger partial charge < -0.3 is 15.0 Å². The molecule has 0 bridgehead atoms. The molecule has 18 heavy (non-hydrogen) atoms. The predicted molar refractivity (Wildman–Crippen MR) is 75.0 cm³/mol. The van der Waals surface area contributed by atoms with Crippen LogP contribution in [0.25, 0.3) is 0 Å². The van der Waals surface area contributed by atoms with Crippen LogP contribution >= 0.6 is 0 Å². The minimum atomic E-state index is 0.651. The van der Waals surface area contributed by atoms with Crippen LogP contribution in [-0.4, -0.2) is 38.2 Å². The summed E-state index contributed by atoms with van der Waals surface area (Å²) in [6.45, 7) is 3.23. The molecule has 1 heterocycles. The monoisotopic (exact) mass is 248 g/mol. The third-order valence-corrected chi connectivity index (χ3v) is 3.58. The number of ether oxygens (including phenoxy) is 1. The molecule has 0 saturated carbocycles. The number of rotatable bonds is 5. The van der Waals surface area contributed by atoms with Crippen LogP contribution in [-0.2, 0) is 6.54 Å². The Labute approximate surface area is 110 Å². The van der Waals surface area contributed by atoms with Crippen LogP contribution in [0.2, 0.25) is 0 Å². The fraction of sp³-hybridized carbons (Fsp3) is 0.600. The van der Waals surface area contributed by atoms with Gasteiger partial charge >= 0.3 is 0 Å². The topological polar surface area (TPSA) is 24.5 Å². The average molecular weight is 248 g/mol. The first-order valence-electron chi connectivity index (χ1n) is 6.83. The number of hydrogen-bond donors (Lipinski definition) is 1. The van der Waals surface area contributed by atoms with E-state index in [1.165, 1.54) is 31.4 Å². The third kappa shape index (κ3) is 3.72. The molecule has 2 rings (SSSR count). The highest BCUT2D eigenvalue weighted by Gasteiger charge is 2.15. The van der Waals surface area contributed by atoms with Crippen molar-refractivity contribution in [2.24, 2.45) is 0 Å². The Morgan fingerprint density at radius 2 is 2.17 bits per heavy atom. The van der Waals surface area contributed by atoms with E-state index in [9.17, 15) is 0 Å². The minimum absolute atomic E-state index is 0.651. The molecular weight excluding hydrogens is 224 g/mol. The van der Waals surface area contributed by atoms with Gasteiger partial charge in [0.05, 0.1) is 7.11 Å². The van der Waals surface area contributed by atoms with Crippen LogP contribution < -0.4 is 10.1 Å². The molecule has 0 aliphatic carbocycles. The summed E-state index contributed by atoms with van der Waals surface area (Å²) in [6.07, 6.45) is 3.99. The molecular formula is C15H24N2O. The first-order valence-corrected chi connectivity index (χ1v) is 6.83. The summed E-state index contributed by atoms with van der Waals surface area (Å²) in [5.41, 5.74) is 1.26. The van der Waals surface area contributed by atoms with Crippen molar-refractivity contribution in [3.63, 3.8) is 0 Å². The molecule has 1 atom stereocenters. The van der Waals surface area contributed by atoms with E-state index in [1.807, 2.05) is 12.1 Å². The van der Waals surface area contributed by atoms with Gasteiger partial charge in [-0.15, -0.1) is 0 Å². The van der Waals surface area contributed by atoms with E-state index in [0.29, 0.717) is 6.04 Å². The summed E-state index contributed by atoms with van der Waals surface area (Å²) in [6, 6.07) is 8.92. The van der Waals surface area contributed by atoms with Gasteiger partial charge in [-0.25, -0.2) is 0 Å². The molecule has 0 aromatic heterocycles. The Bertz CT molecular complexity index is 361. The number of methoxy groups -OCH3 is 1. The Morgan fingerprint density at radius 3 is 2.89 bits per heavy atom. The van der Waals surface area contributed by atoms with Crippen LogP contribution in [0.3, 0.4) is 0 Å². The number of nitrogens with one attached hydrogen (secondary N) is 1. The fourth-order valence-electron chi connectivity index (χ4n) is 2.64. The van der Waals surface area contributed by atoms with E-state index in [2.05, 4.69) is 29.4 Å². The minimum Gasteiger partial charge on any atom is -0.496 e. The van der Waals surface area contributed by atoms with Crippen molar-refractivity contribution in [2.45, 2.75) is 31.8 Å². The Morgan fingerprint density at radius 1 is 1.33 bits per heavy atom. The van der Waals surface area contributed by atoms with E-state index < -0.39 is 0 Å². The SMILES string of the molecule is COc1ccccc1CN(C)C[C@H]1CCCCN1. The molecule has 3 nitrogen and oxygen atoms in total. The average Bonchev–Trinajstić information content (AvgIpc) is 2.40. The van der Waals surface area contributed by atoms with Gasteiger partial charge in [-0.05, 0) is 32.5 Å². The molecule has 0 radical (unpaired) electrons. The van der Waals surface area contributed by atoms with Gasteiger partial charge in [0.2, 0.25) is 0 Å². The number of piperidine rings is 1. The Hall–Kier alpha value is -1.06. The number of hydrogen-bond acceptors (Lipinski definition) is 3. The second-order valence-corrected chi connectivity index (χ2v) is 5.16. The second kappa shape index (κ2) is 6.76. The number of likely N-dealkylation sites (N-methyl/N-ethyl adjacent to an activating group) is 1. The van der Waals surface area contributed by atoms with Gasteiger partial charge in [0, 0.05) is 24.7 Å². The summed E-state index contributed by atoms with van der Waals surface area (Å²) in [4.78, 5) is 2.38. The zero-order valence-electron chi connectivity index (χ0n) is 11.5. The maximum Gasteiger partial charge on any atom is 0.123 e. The van der Waals surface area contributed by atoms with Gasteiger partial charge in [0.1, 0.15) is 5.75 Å². The lowest BCUT2D eigenvalue weighted by atomic mass is 10.0. The molecule has 1 fully saturated rings. The quantitative estimate of drug-likeness (QED) is 0.865. The number of nitrogens with zero attached hydrogens (tertiary/aromatic N) is 1. The second-order valence-electron chi connectivity index (χ2n) is 5.16. The van der Waals surface area contributed by atoms with Crippen molar-refractivity contribution in [2.75, 3.05) is 27.2 Å². The smallest absolute Gasteiger partial charge is 0.123 e. The van der Waals surface area contributed by atoms with Crippen molar-refractivity contribution in [1.82, 2.24) is 10.2 Å². The Kier molecular flexibility index (Phi) is 5.02. The highest BCUT2D eigenvalue weighted by Crippen LogP contribution is 2.19. The molecule has 100 valence electrons. The lowest BCUT2D eigenvalue weighted by Crippen LogP contribution is -2.42. The first kappa shape index (κ1) is 13.4. The summed E-state index contributed by atoms with van der Waals surface area (Å²) in [7, 11) is 3.92. The molecule has 0 unspecified atom stereocenters. The van der Waals surface area contributed by atoms with Crippen LogP contribution in [0.4, 0.5) is 0 Å². The Balaban J connectivity index is 1.87. The summed E-state index contributed by atoms with van der Waals surface area (Å²) in [5.74, 6) is 0.987. The number of benzene rings is 1. The van der Waals surface area contributed by atoms with Gasteiger partial charge in [-0.1, -0.05) is 24.6 Å². The van der Waals surface area contributed by atoms with Gasteiger partial charge in [-0.3, -0.25) is 0 Å². The molecule has 0 spiro atoms. The summed E-state index contributed by atoms with van der Waals surface area (Å²) < 4.78 is 5.39. The molecule has 1 N–H and O–H groups in total. The number of para-hydroxylation sites is 1. The highest BCUT2D eigenvalue weighted by atomic mass is 16.5. The zero-order chi connectivity index (χ0) is 12.8. The van der Waals surface area contributed by atoms with E-state index in [-0.39, 0.29) is 0 Å². The molecule has 1 aliphatic heterocycles. The summed E-state index contributed by atoms with van der Waals surface area (Å²) in [5, 5.41) is 3.59. The molecule has 0 amide bonds. The molecule has 3 heteroatoms. The predicted octanol–water partition coefficient (Wildman–Crippen LogP) is 2.27. The lowest BCUT2D eigenvalue weighted by molar-refractivity contribution is 0.253. The highest BCUT2D eigenvalue weighted by molar-refractivity contribution is 5.33. The van der Waals surface area contributed by atoms with Crippen molar-refractivity contribution in [3.8, 4) is 5.75 Å².